The molecule has 0 aliphatic rings. The first-order valence-corrected chi connectivity index (χ1v) is 7.57. The van der Waals surface area contributed by atoms with Crippen LogP contribution in [0.1, 0.15) is 24.2 Å². The Kier molecular flexibility index (Phi) is 4.24. The van der Waals surface area contributed by atoms with Crippen LogP contribution in [0.25, 0.3) is 17.0 Å². The molecule has 0 fully saturated rings. The molecule has 1 amide bonds. The number of aromatic nitrogens is 2. The number of carbonyl (C=O) groups excluding carboxylic acids is 1. The van der Waals surface area contributed by atoms with Crippen molar-refractivity contribution in [2.75, 3.05) is 7.05 Å². The summed E-state index contributed by atoms with van der Waals surface area (Å²) in [5.74, 6) is -0.0417. The first-order valence-electron chi connectivity index (χ1n) is 7.57. The van der Waals surface area contributed by atoms with Gasteiger partial charge in [-0.15, -0.1) is 0 Å². The lowest BCUT2D eigenvalue weighted by atomic mass is 10.2. The Balaban J connectivity index is 1.74. The topological polar surface area (TPSA) is 49.0 Å². The highest BCUT2D eigenvalue weighted by Crippen LogP contribution is 2.23. The van der Waals surface area contributed by atoms with E-state index in [0.29, 0.717) is 0 Å². The maximum Gasteiger partial charge on any atom is 0.246 e. The molecule has 0 aliphatic carbocycles. The Labute approximate surface area is 135 Å². The van der Waals surface area contributed by atoms with Gasteiger partial charge in [-0.05, 0) is 42.1 Å². The van der Waals surface area contributed by atoms with Crippen LogP contribution in [0.3, 0.4) is 0 Å². The number of hydrogen-bond donors (Lipinski definition) is 1. The van der Waals surface area contributed by atoms with Gasteiger partial charge in [-0.1, -0.05) is 24.3 Å². The van der Waals surface area contributed by atoms with E-state index in [1.807, 2.05) is 44.3 Å². The Morgan fingerprint density at radius 1 is 1.26 bits per heavy atom. The van der Waals surface area contributed by atoms with Crippen molar-refractivity contribution >= 4 is 22.9 Å². The summed E-state index contributed by atoms with van der Waals surface area (Å²) in [6.45, 7) is 2.01. The summed E-state index contributed by atoms with van der Waals surface area (Å²) in [5, 5.41) is 1.15. The summed E-state index contributed by atoms with van der Waals surface area (Å²) in [6, 6.07) is 13.9. The zero-order valence-corrected chi connectivity index (χ0v) is 13.2. The van der Waals surface area contributed by atoms with Gasteiger partial charge in [0.2, 0.25) is 5.91 Å². The van der Waals surface area contributed by atoms with E-state index in [0.717, 1.165) is 22.2 Å². The third-order valence-electron chi connectivity index (χ3n) is 4.03. The van der Waals surface area contributed by atoms with Crippen molar-refractivity contribution in [2.24, 2.45) is 0 Å². The SMILES string of the molecule is CC(c1cc2ccccc2[nH]1)N(C)C(=O)C=Cc1cccnc1. The number of aromatic amines is 1. The first kappa shape index (κ1) is 15.0. The van der Waals surface area contributed by atoms with Crippen LogP contribution in [0.15, 0.2) is 60.9 Å². The minimum absolute atomic E-state index is 0.0338. The molecule has 4 heteroatoms. The van der Waals surface area contributed by atoms with Crippen LogP contribution in [-0.2, 0) is 4.79 Å². The molecule has 3 aromatic rings. The quantitative estimate of drug-likeness (QED) is 0.745. The molecule has 3 rings (SSSR count). The van der Waals surface area contributed by atoms with E-state index >= 15 is 0 Å². The maximum absolute atomic E-state index is 12.4. The molecular weight excluding hydrogens is 286 g/mol. The van der Waals surface area contributed by atoms with Crippen LogP contribution >= 0.6 is 0 Å². The number of carbonyl (C=O) groups is 1. The highest BCUT2D eigenvalue weighted by molar-refractivity contribution is 5.92. The molecule has 0 saturated heterocycles. The molecule has 1 atom stereocenters. The largest absolute Gasteiger partial charge is 0.357 e. The van der Waals surface area contributed by atoms with E-state index in [1.54, 1.807) is 29.4 Å². The zero-order chi connectivity index (χ0) is 16.2. The lowest BCUT2D eigenvalue weighted by Crippen LogP contribution is -2.28. The molecule has 4 nitrogen and oxygen atoms in total. The zero-order valence-electron chi connectivity index (χ0n) is 13.2. The van der Waals surface area contributed by atoms with Gasteiger partial charge in [-0.2, -0.15) is 0 Å². The summed E-state index contributed by atoms with van der Waals surface area (Å²) in [4.78, 5) is 21.5. The van der Waals surface area contributed by atoms with Crippen LogP contribution in [0.4, 0.5) is 0 Å². The molecule has 0 aliphatic heterocycles. The Morgan fingerprint density at radius 2 is 2.09 bits per heavy atom. The minimum atomic E-state index is -0.0417. The molecule has 2 aromatic heterocycles. The third-order valence-corrected chi connectivity index (χ3v) is 4.03. The maximum atomic E-state index is 12.4. The van der Waals surface area contributed by atoms with Crippen molar-refractivity contribution in [1.29, 1.82) is 0 Å². The van der Waals surface area contributed by atoms with E-state index in [9.17, 15) is 4.79 Å². The van der Waals surface area contributed by atoms with E-state index in [1.165, 1.54) is 0 Å². The second-order valence-electron chi connectivity index (χ2n) is 5.56. The fourth-order valence-electron chi connectivity index (χ4n) is 2.48. The Hall–Kier alpha value is -2.88. The van der Waals surface area contributed by atoms with Gasteiger partial charge in [0.05, 0.1) is 6.04 Å². The van der Waals surface area contributed by atoms with Crippen LogP contribution in [0.2, 0.25) is 0 Å². The van der Waals surface area contributed by atoms with Gasteiger partial charge in [0.25, 0.3) is 0 Å². The van der Waals surface area contributed by atoms with Gasteiger partial charge in [0, 0.05) is 36.7 Å². The second-order valence-corrected chi connectivity index (χ2v) is 5.56. The molecule has 23 heavy (non-hydrogen) atoms. The molecular formula is C19H19N3O. The summed E-state index contributed by atoms with van der Waals surface area (Å²) >= 11 is 0. The lowest BCUT2D eigenvalue weighted by Gasteiger charge is -2.22. The van der Waals surface area contributed by atoms with Crippen molar-refractivity contribution in [2.45, 2.75) is 13.0 Å². The highest BCUT2D eigenvalue weighted by Gasteiger charge is 2.17. The monoisotopic (exact) mass is 305 g/mol. The predicted octanol–water partition coefficient (Wildman–Crippen LogP) is 3.80. The van der Waals surface area contributed by atoms with Gasteiger partial charge in [-0.25, -0.2) is 0 Å². The molecule has 116 valence electrons. The molecule has 0 bridgehead atoms. The third kappa shape index (κ3) is 3.31. The van der Waals surface area contributed by atoms with Gasteiger partial charge in [0.1, 0.15) is 0 Å². The van der Waals surface area contributed by atoms with E-state index in [4.69, 9.17) is 0 Å². The summed E-state index contributed by atoms with van der Waals surface area (Å²) in [7, 11) is 1.81. The van der Waals surface area contributed by atoms with Crippen LogP contribution in [0, 0.1) is 0 Å². The number of rotatable bonds is 4. The number of pyridine rings is 1. The van der Waals surface area contributed by atoms with E-state index in [2.05, 4.69) is 22.1 Å². The summed E-state index contributed by atoms with van der Waals surface area (Å²) in [5.41, 5.74) is 3.02. The number of fused-ring (bicyclic) bond motifs is 1. The number of hydrogen-bond acceptors (Lipinski definition) is 2. The van der Waals surface area contributed by atoms with Gasteiger partial charge < -0.3 is 9.88 Å². The van der Waals surface area contributed by atoms with Crippen LogP contribution in [0.5, 0.6) is 0 Å². The Bertz CT molecular complexity index is 803. The number of amides is 1. The lowest BCUT2D eigenvalue weighted by molar-refractivity contribution is -0.126. The van der Waals surface area contributed by atoms with Crippen molar-refractivity contribution < 1.29 is 4.79 Å². The average Bonchev–Trinajstić information content (AvgIpc) is 3.03. The van der Waals surface area contributed by atoms with Gasteiger partial charge in [0.15, 0.2) is 0 Å². The molecule has 2 heterocycles. The van der Waals surface area contributed by atoms with E-state index < -0.39 is 0 Å². The normalized spacial score (nSPS) is 12.6. The molecule has 0 spiro atoms. The fraction of sp³-hybridized carbons (Fsp3) is 0.158. The van der Waals surface area contributed by atoms with Gasteiger partial charge >= 0.3 is 0 Å². The van der Waals surface area contributed by atoms with Crippen molar-refractivity contribution in [1.82, 2.24) is 14.9 Å². The number of H-pyrrole nitrogens is 1. The smallest absolute Gasteiger partial charge is 0.246 e. The predicted molar refractivity (Wildman–Crippen MR) is 92.8 cm³/mol. The number of para-hydroxylation sites is 1. The van der Waals surface area contributed by atoms with Gasteiger partial charge in [-0.3, -0.25) is 9.78 Å². The molecule has 1 N–H and O–H groups in total. The van der Waals surface area contributed by atoms with Crippen molar-refractivity contribution in [3.8, 4) is 0 Å². The minimum Gasteiger partial charge on any atom is -0.357 e. The number of benzene rings is 1. The van der Waals surface area contributed by atoms with Crippen LogP contribution < -0.4 is 0 Å². The number of nitrogens with one attached hydrogen (secondary N) is 1. The summed E-state index contributed by atoms with van der Waals surface area (Å²) in [6.07, 6.45) is 6.80. The molecule has 0 saturated carbocycles. The molecule has 1 aromatic carbocycles. The van der Waals surface area contributed by atoms with E-state index in [-0.39, 0.29) is 11.9 Å². The Morgan fingerprint density at radius 3 is 2.83 bits per heavy atom. The first-order chi connectivity index (χ1) is 11.1. The summed E-state index contributed by atoms with van der Waals surface area (Å²) < 4.78 is 0. The highest BCUT2D eigenvalue weighted by atomic mass is 16.2. The van der Waals surface area contributed by atoms with Crippen molar-refractivity contribution in [3.63, 3.8) is 0 Å². The average molecular weight is 305 g/mol. The second kappa shape index (κ2) is 6.48. The number of likely N-dealkylation sites (N-methyl/N-ethyl adjacent to an activating group) is 1. The fourth-order valence-corrected chi connectivity index (χ4v) is 2.48. The van der Waals surface area contributed by atoms with Crippen molar-refractivity contribution in [3.05, 3.63) is 72.2 Å². The standard InChI is InChI=1S/C19H19N3O/c1-14(18-12-16-7-3-4-8-17(16)21-18)22(2)19(23)10-9-15-6-5-11-20-13-15/h3-14,21H,1-2H3. The van der Waals surface area contributed by atoms with Crippen LogP contribution in [-0.4, -0.2) is 27.8 Å². The number of nitrogens with zero attached hydrogens (tertiary/aromatic N) is 2. The molecule has 1 unspecified atom stereocenters. The molecule has 0 radical (unpaired) electrons.